The van der Waals surface area contributed by atoms with Gasteiger partial charge in [-0.05, 0) is 30.5 Å². The molecule has 0 unspecified atom stereocenters. The van der Waals surface area contributed by atoms with E-state index in [1.807, 2.05) is 25.1 Å². The van der Waals surface area contributed by atoms with Gasteiger partial charge in [-0.1, -0.05) is 6.07 Å². The van der Waals surface area contributed by atoms with Crippen molar-refractivity contribution in [3.63, 3.8) is 0 Å². The number of anilines is 1. The van der Waals surface area contributed by atoms with Crippen LogP contribution >= 0.6 is 11.3 Å². The summed E-state index contributed by atoms with van der Waals surface area (Å²) < 4.78 is 11.1. The van der Waals surface area contributed by atoms with Crippen molar-refractivity contribution in [2.45, 2.75) is 13.3 Å². The van der Waals surface area contributed by atoms with Crippen molar-refractivity contribution in [2.24, 2.45) is 0 Å². The van der Waals surface area contributed by atoms with Crippen LogP contribution in [-0.2, 0) is 6.42 Å². The third-order valence-electron chi connectivity index (χ3n) is 2.48. The molecule has 4 heteroatoms. The van der Waals surface area contributed by atoms with Crippen molar-refractivity contribution >= 4 is 17.0 Å². The van der Waals surface area contributed by atoms with Gasteiger partial charge >= 0.3 is 0 Å². The molecule has 1 aromatic heterocycles. The van der Waals surface area contributed by atoms with Gasteiger partial charge in [0.25, 0.3) is 0 Å². The number of hydrogen-bond acceptors (Lipinski definition) is 4. The van der Waals surface area contributed by atoms with Crippen LogP contribution < -0.4 is 15.2 Å². The zero-order valence-electron chi connectivity index (χ0n) is 10.4. The van der Waals surface area contributed by atoms with Gasteiger partial charge in [0.15, 0.2) is 0 Å². The van der Waals surface area contributed by atoms with Crippen molar-refractivity contribution in [1.29, 1.82) is 0 Å². The Kier molecular flexibility index (Phi) is 4.47. The minimum Gasteiger partial charge on any atom is -0.493 e. The molecular weight excluding hydrogens is 246 g/mol. The maximum absolute atomic E-state index is 5.80. The normalized spacial score (nSPS) is 10.3. The van der Waals surface area contributed by atoms with Gasteiger partial charge in [0, 0.05) is 17.4 Å². The summed E-state index contributed by atoms with van der Waals surface area (Å²) in [6, 6.07) is 9.68. The first kappa shape index (κ1) is 12.8. The Hall–Kier alpha value is -1.68. The quantitative estimate of drug-likeness (QED) is 0.813. The molecule has 2 N–H and O–H groups in total. The zero-order valence-corrected chi connectivity index (χ0v) is 11.2. The topological polar surface area (TPSA) is 44.5 Å². The van der Waals surface area contributed by atoms with Crippen LogP contribution in [0.1, 0.15) is 11.8 Å². The Bertz CT molecular complexity index is 483. The van der Waals surface area contributed by atoms with Crippen molar-refractivity contribution in [1.82, 2.24) is 0 Å². The second-order valence-electron chi connectivity index (χ2n) is 3.81. The first-order chi connectivity index (χ1) is 8.79. The smallest absolute Gasteiger partial charge is 0.145 e. The third kappa shape index (κ3) is 3.40. The van der Waals surface area contributed by atoms with Crippen molar-refractivity contribution < 1.29 is 9.47 Å². The highest BCUT2D eigenvalue weighted by Gasteiger charge is 2.03. The highest BCUT2D eigenvalue weighted by Crippen LogP contribution is 2.27. The Morgan fingerprint density at radius 2 is 2.11 bits per heavy atom. The summed E-state index contributed by atoms with van der Waals surface area (Å²) >= 11 is 1.75. The van der Waals surface area contributed by atoms with E-state index in [0.29, 0.717) is 24.7 Å². The molecule has 0 radical (unpaired) electrons. The molecule has 0 spiro atoms. The minimum atomic E-state index is 0.600. The molecule has 0 amide bonds. The summed E-state index contributed by atoms with van der Waals surface area (Å²) in [5, 5.41) is 2.08. The van der Waals surface area contributed by atoms with E-state index < -0.39 is 0 Å². The van der Waals surface area contributed by atoms with Crippen LogP contribution in [0.2, 0.25) is 0 Å². The number of benzene rings is 1. The van der Waals surface area contributed by atoms with Crippen molar-refractivity contribution in [3.05, 3.63) is 40.6 Å². The van der Waals surface area contributed by atoms with E-state index in [9.17, 15) is 0 Å². The first-order valence-electron chi connectivity index (χ1n) is 5.97. The Morgan fingerprint density at radius 1 is 1.22 bits per heavy atom. The average molecular weight is 263 g/mol. The Balaban J connectivity index is 1.90. The molecule has 2 aromatic rings. The summed E-state index contributed by atoms with van der Waals surface area (Å²) in [5.74, 6) is 1.48. The van der Waals surface area contributed by atoms with Crippen molar-refractivity contribution in [2.75, 3.05) is 18.9 Å². The Morgan fingerprint density at radius 3 is 2.83 bits per heavy atom. The van der Waals surface area contributed by atoms with Crippen molar-refractivity contribution in [3.8, 4) is 11.5 Å². The lowest BCUT2D eigenvalue weighted by atomic mass is 10.3. The lowest BCUT2D eigenvalue weighted by molar-refractivity contribution is 0.313. The van der Waals surface area contributed by atoms with Gasteiger partial charge in [0.05, 0.1) is 18.9 Å². The molecule has 0 aliphatic rings. The molecule has 0 aliphatic carbocycles. The number of ether oxygens (including phenoxy) is 2. The highest BCUT2D eigenvalue weighted by atomic mass is 32.1. The highest BCUT2D eigenvalue weighted by molar-refractivity contribution is 7.09. The minimum absolute atomic E-state index is 0.600. The number of nitrogen functional groups attached to an aromatic ring is 1. The SMILES string of the molecule is CCOc1cc(OCCc2cccs2)ccc1N. The van der Waals surface area contributed by atoms with Crippen LogP contribution in [0.3, 0.4) is 0 Å². The van der Waals surface area contributed by atoms with E-state index >= 15 is 0 Å². The average Bonchev–Trinajstić information content (AvgIpc) is 2.87. The van der Waals surface area contributed by atoms with Gasteiger partial charge in [-0.2, -0.15) is 0 Å². The number of rotatable bonds is 6. The summed E-state index contributed by atoms with van der Waals surface area (Å²) in [4.78, 5) is 1.33. The fourth-order valence-electron chi connectivity index (χ4n) is 1.61. The summed E-state index contributed by atoms with van der Waals surface area (Å²) in [7, 11) is 0. The molecule has 0 atom stereocenters. The molecule has 1 heterocycles. The summed E-state index contributed by atoms with van der Waals surface area (Å²) in [6.45, 7) is 3.20. The van der Waals surface area contributed by atoms with E-state index in [4.69, 9.17) is 15.2 Å². The number of thiophene rings is 1. The first-order valence-corrected chi connectivity index (χ1v) is 6.85. The number of nitrogens with two attached hydrogens (primary N) is 1. The summed E-state index contributed by atoms with van der Waals surface area (Å²) in [5.41, 5.74) is 6.44. The van der Waals surface area contributed by atoms with Gasteiger partial charge in [-0.25, -0.2) is 0 Å². The molecule has 1 aromatic carbocycles. The van der Waals surface area contributed by atoms with E-state index in [1.54, 1.807) is 11.3 Å². The molecule has 0 saturated heterocycles. The van der Waals surface area contributed by atoms with Gasteiger partial charge in [-0.15, -0.1) is 11.3 Å². The van der Waals surface area contributed by atoms with E-state index in [1.165, 1.54) is 4.88 Å². The van der Waals surface area contributed by atoms with Crippen LogP contribution in [0.4, 0.5) is 5.69 Å². The van der Waals surface area contributed by atoms with Gasteiger partial charge < -0.3 is 15.2 Å². The van der Waals surface area contributed by atoms with Gasteiger partial charge in [0.2, 0.25) is 0 Å². The fraction of sp³-hybridized carbons (Fsp3) is 0.286. The molecule has 0 fully saturated rings. The lowest BCUT2D eigenvalue weighted by Crippen LogP contribution is -2.02. The zero-order chi connectivity index (χ0) is 12.8. The van der Waals surface area contributed by atoms with E-state index in [0.717, 1.165) is 12.2 Å². The van der Waals surface area contributed by atoms with E-state index in [-0.39, 0.29) is 0 Å². The molecule has 96 valence electrons. The van der Waals surface area contributed by atoms with Crippen LogP contribution in [0.15, 0.2) is 35.7 Å². The predicted molar refractivity (Wildman–Crippen MR) is 75.5 cm³/mol. The monoisotopic (exact) mass is 263 g/mol. The summed E-state index contributed by atoms with van der Waals surface area (Å²) in [6.07, 6.45) is 0.923. The second kappa shape index (κ2) is 6.31. The maximum atomic E-state index is 5.80. The molecule has 0 saturated carbocycles. The van der Waals surface area contributed by atoms with Gasteiger partial charge in [-0.3, -0.25) is 0 Å². The second-order valence-corrected chi connectivity index (χ2v) is 4.84. The van der Waals surface area contributed by atoms with Crippen LogP contribution in [0, 0.1) is 0 Å². The van der Waals surface area contributed by atoms with Crippen LogP contribution in [0.25, 0.3) is 0 Å². The molecule has 18 heavy (non-hydrogen) atoms. The largest absolute Gasteiger partial charge is 0.493 e. The lowest BCUT2D eigenvalue weighted by Gasteiger charge is -2.10. The number of hydrogen-bond donors (Lipinski definition) is 1. The standard InChI is InChI=1S/C14H17NO2S/c1-2-16-14-10-11(5-6-13(14)15)17-8-7-12-4-3-9-18-12/h3-6,9-10H,2,7-8,15H2,1H3. The van der Waals surface area contributed by atoms with E-state index in [2.05, 4.69) is 17.5 Å². The maximum Gasteiger partial charge on any atom is 0.145 e. The van der Waals surface area contributed by atoms with Gasteiger partial charge in [0.1, 0.15) is 11.5 Å². The molecule has 0 aliphatic heterocycles. The van der Waals surface area contributed by atoms with Crippen LogP contribution in [-0.4, -0.2) is 13.2 Å². The fourth-order valence-corrected chi connectivity index (χ4v) is 2.30. The molecular formula is C14H17NO2S. The van der Waals surface area contributed by atoms with Crippen LogP contribution in [0.5, 0.6) is 11.5 Å². The molecule has 0 bridgehead atoms. The molecule has 3 nitrogen and oxygen atoms in total. The predicted octanol–water partition coefficient (Wildman–Crippen LogP) is 3.35. The third-order valence-corrected chi connectivity index (χ3v) is 3.42. The molecule has 2 rings (SSSR count). The Labute approximate surface area is 111 Å².